The zero-order valence-electron chi connectivity index (χ0n) is 14.6. The summed E-state index contributed by atoms with van der Waals surface area (Å²) in [6.45, 7) is 2.83. The fourth-order valence-corrected chi connectivity index (χ4v) is 4.48. The third-order valence-corrected chi connectivity index (χ3v) is 6.25. The molecule has 7 nitrogen and oxygen atoms in total. The third kappa shape index (κ3) is 3.72. The van der Waals surface area contributed by atoms with Gasteiger partial charge >= 0.3 is 0 Å². The van der Waals surface area contributed by atoms with Crippen molar-refractivity contribution in [1.82, 2.24) is 9.80 Å². The van der Waals surface area contributed by atoms with Crippen LogP contribution in [0.15, 0.2) is 52.6 Å². The fraction of sp³-hybridized carbons (Fsp3) is 0.333. The summed E-state index contributed by atoms with van der Waals surface area (Å²) in [4.78, 5) is 18.7. The van der Waals surface area contributed by atoms with Crippen LogP contribution < -0.4 is 4.90 Å². The Bertz CT molecular complexity index is 945. The van der Waals surface area contributed by atoms with Crippen molar-refractivity contribution < 1.29 is 13.2 Å². The minimum atomic E-state index is -3.52. The molecule has 1 aromatic carbocycles. The van der Waals surface area contributed by atoms with Crippen molar-refractivity contribution in [1.29, 1.82) is 0 Å². The van der Waals surface area contributed by atoms with Gasteiger partial charge in [-0.1, -0.05) is 11.6 Å². The Morgan fingerprint density at radius 2 is 1.74 bits per heavy atom. The van der Waals surface area contributed by atoms with Crippen LogP contribution in [-0.4, -0.2) is 68.4 Å². The van der Waals surface area contributed by atoms with Crippen molar-refractivity contribution >= 4 is 39.1 Å². The van der Waals surface area contributed by atoms with Crippen molar-refractivity contribution in [2.75, 3.05) is 43.4 Å². The van der Waals surface area contributed by atoms with Crippen LogP contribution in [0.2, 0.25) is 5.02 Å². The molecule has 3 aliphatic heterocycles. The molecule has 0 N–H and O–H groups in total. The third-order valence-electron chi connectivity index (χ3n) is 4.85. The number of halogens is 1. The van der Waals surface area contributed by atoms with Crippen LogP contribution in [0.5, 0.6) is 0 Å². The van der Waals surface area contributed by atoms with Gasteiger partial charge in [-0.2, -0.15) is 0 Å². The van der Waals surface area contributed by atoms with Crippen molar-refractivity contribution in [3.05, 3.63) is 53.2 Å². The zero-order valence-corrected chi connectivity index (χ0v) is 16.2. The zero-order chi connectivity index (χ0) is 19.0. The molecule has 0 unspecified atom stereocenters. The SMILES string of the molecule is O=C(C1=CC=CN2CCS(=O)(=O)N=C12)N1CCN(c2ccc(Cl)cc2)CC1. The lowest BCUT2D eigenvalue weighted by Gasteiger charge is -2.37. The van der Waals surface area contributed by atoms with E-state index in [1.54, 1.807) is 28.2 Å². The quantitative estimate of drug-likeness (QED) is 0.744. The molecule has 4 rings (SSSR count). The van der Waals surface area contributed by atoms with Gasteiger partial charge < -0.3 is 14.7 Å². The number of carbonyl (C=O) groups excluding carboxylic acids is 1. The Morgan fingerprint density at radius 3 is 2.44 bits per heavy atom. The molecule has 1 amide bonds. The first-order valence-corrected chi connectivity index (χ1v) is 10.7. The van der Waals surface area contributed by atoms with E-state index >= 15 is 0 Å². The highest BCUT2D eigenvalue weighted by Gasteiger charge is 2.33. The molecule has 0 bridgehead atoms. The first-order chi connectivity index (χ1) is 12.9. The van der Waals surface area contributed by atoms with Crippen LogP contribution in [0.4, 0.5) is 5.69 Å². The van der Waals surface area contributed by atoms with Gasteiger partial charge in [0.25, 0.3) is 15.9 Å². The number of sulfonamides is 1. The molecule has 9 heteroatoms. The molecule has 0 saturated carbocycles. The van der Waals surface area contributed by atoms with Gasteiger partial charge in [-0.15, -0.1) is 4.40 Å². The number of hydrogen-bond acceptors (Lipinski definition) is 5. The smallest absolute Gasteiger partial charge is 0.257 e. The highest BCUT2D eigenvalue weighted by Crippen LogP contribution is 2.22. The number of rotatable bonds is 2. The average molecular weight is 407 g/mol. The largest absolute Gasteiger partial charge is 0.368 e. The number of fused-ring (bicyclic) bond motifs is 1. The minimum Gasteiger partial charge on any atom is -0.368 e. The lowest BCUT2D eigenvalue weighted by Crippen LogP contribution is -2.51. The molecule has 0 radical (unpaired) electrons. The first-order valence-electron chi connectivity index (χ1n) is 8.71. The van der Waals surface area contributed by atoms with Gasteiger partial charge in [0, 0.05) is 49.6 Å². The van der Waals surface area contributed by atoms with E-state index in [2.05, 4.69) is 9.30 Å². The van der Waals surface area contributed by atoms with E-state index in [0.29, 0.717) is 43.3 Å². The molecule has 1 saturated heterocycles. The van der Waals surface area contributed by atoms with Crippen molar-refractivity contribution in [3.8, 4) is 0 Å². The molecule has 3 aliphatic rings. The van der Waals surface area contributed by atoms with Crippen LogP contribution in [-0.2, 0) is 14.8 Å². The van der Waals surface area contributed by atoms with Gasteiger partial charge in [0.05, 0.1) is 11.3 Å². The van der Waals surface area contributed by atoms with Crippen LogP contribution in [0.25, 0.3) is 0 Å². The Labute approximate surface area is 163 Å². The number of carbonyl (C=O) groups is 1. The van der Waals surface area contributed by atoms with Crippen molar-refractivity contribution in [3.63, 3.8) is 0 Å². The van der Waals surface area contributed by atoms with E-state index in [-0.39, 0.29) is 17.5 Å². The number of anilines is 1. The summed E-state index contributed by atoms with van der Waals surface area (Å²) in [6.07, 6.45) is 5.15. The lowest BCUT2D eigenvalue weighted by molar-refractivity contribution is -0.126. The van der Waals surface area contributed by atoms with Gasteiger partial charge in [-0.25, -0.2) is 8.42 Å². The Balaban J connectivity index is 1.48. The summed E-state index contributed by atoms with van der Waals surface area (Å²) in [5, 5.41) is 0.692. The monoisotopic (exact) mass is 406 g/mol. The van der Waals surface area contributed by atoms with E-state index in [1.807, 2.05) is 24.3 Å². The number of amidine groups is 1. The molecule has 1 fully saturated rings. The molecule has 1 aromatic rings. The summed E-state index contributed by atoms with van der Waals surface area (Å²) >= 11 is 5.94. The second-order valence-electron chi connectivity index (χ2n) is 6.57. The predicted octanol–water partition coefficient (Wildman–Crippen LogP) is 1.49. The van der Waals surface area contributed by atoms with Gasteiger partial charge in [-0.05, 0) is 36.4 Å². The highest BCUT2D eigenvalue weighted by molar-refractivity contribution is 7.90. The second kappa shape index (κ2) is 7.01. The van der Waals surface area contributed by atoms with Crippen LogP contribution in [0, 0.1) is 0 Å². The summed E-state index contributed by atoms with van der Waals surface area (Å²) in [6, 6.07) is 7.63. The minimum absolute atomic E-state index is 0.0396. The topological polar surface area (TPSA) is 73.3 Å². The van der Waals surface area contributed by atoms with E-state index in [0.717, 1.165) is 5.69 Å². The van der Waals surface area contributed by atoms with Gasteiger partial charge in [0.2, 0.25) is 0 Å². The van der Waals surface area contributed by atoms with Gasteiger partial charge in [0.15, 0.2) is 5.84 Å². The molecular weight excluding hydrogens is 388 g/mol. The number of benzene rings is 1. The van der Waals surface area contributed by atoms with Crippen molar-refractivity contribution in [2.45, 2.75) is 0 Å². The van der Waals surface area contributed by atoms with E-state index in [1.165, 1.54) is 0 Å². The highest BCUT2D eigenvalue weighted by atomic mass is 35.5. The molecule has 0 spiro atoms. The number of allylic oxidation sites excluding steroid dienone is 2. The molecule has 0 atom stereocenters. The standard InChI is InChI=1S/C18H19ClN4O3S/c19-14-3-5-15(6-4-14)21-8-10-23(11-9-21)18(24)16-2-1-7-22-12-13-27(25,26)20-17(16)22/h1-7H,8-13H2. The number of hydrogen-bond donors (Lipinski definition) is 0. The molecular formula is C18H19ClN4O3S. The molecule has 0 aliphatic carbocycles. The van der Waals surface area contributed by atoms with Gasteiger partial charge in [-0.3, -0.25) is 4.79 Å². The van der Waals surface area contributed by atoms with E-state index in [4.69, 9.17) is 11.6 Å². The summed E-state index contributed by atoms with van der Waals surface area (Å²) in [5.74, 6) is 0.00654. The Hall–Kier alpha value is -2.32. The average Bonchev–Trinajstić information content (AvgIpc) is 2.67. The normalized spacial score (nSPS) is 21.4. The number of amides is 1. The van der Waals surface area contributed by atoms with Crippen molar-refractivity contribution in [2.24, 2.45) is 4.40 Å². The predicted molar refractivity (Wildman–Crippen MR) is 105 cm³/mol. The number of piperazine rings is 1. The second-order valence-corrected chi connectivity index (χ2v) is 8.76. The van der Waals surface area contributed by atoms with E-state index in [9.17, 15) is 13.2 Å². The maximum absolute atomic E-state index is 13.0. The lowest BCUT2D eigenvalue weighted by atomic mass is 10.1. The van der Waals surface area contributed by atoms with Gasteiger partial charge in [0.1, 0.15) is 0 Å². The summed E-state index contributed by atoms with van der Waals surface area (Å²) in [5.41, 5.74) is 1.40. The first kappa shape index (κ1) is 18.1. The molecule has 27 heavy (non-hydrogen) atoms. The molecule has 142 valence electrons. The maximum atomic E-state index is 13.0. The Morgan fingerprint density at radius 1 is 1.04 bits per heavy atom. The number of nitrogens with zero attached hydrogens (tertiary/aromatic N) is 4. The van der Waals surface area contributed by atoms with E-state index < -0.39 is 10.0 Å². The van der Waals surface area contributed by atoms with Crippen LogP contribution in [0.3, 0.4) is 0 Å². The summed E-state index contributed by atoms with van der Waals surface area (Å²) < 4.78 is 27.6. The van der Waals surface area contributed by atoms with Crippen LogP contribution >= 0.6 is 11.6 Å². The Kier molecular flexibility index (Phi) is 4.69. The molecule has 3 heterocycles. The molecule has 0 aromatic heterocycles. The van der Waals surface area contributed by atoms with Crippen LogP contribution in [0.1, 0.15) is 0 Å². The fourth-order valence-electron chi connectivity index (χ4n) is 3.37. The summed E-state index contributed by atoms with van der Waals surface area (Å²) in [7, 11) is -3.52. The maximum Gasteiger partial charge on any atom is 0.257 e.